The number of hydrogen-bond acceptors (Lipinski definition) is 5. The maximum Gasteiger partial charge on any atom is 0.338 e. The highest BCUT2D eigenvalue weighted by atomic mass is 16.5. The van der Waals surface area contributed by atoms with Crippen LogP contribution in [0.4, 0.5) is 11.4 Å². The van der Waals surface area contributed by atoms with E-state index in [1.54, 1.807) is 48.5 Å². The summed E-state index contributed by atoms with van der Waals surface area (Å²) in [6, 6.07) is 13.2. The number of rotatable bonds is 6. The van der Waals surface area contributed by atoms with E-state index in [9.17, 15) is 9.90 Å². The van der Waals surface area contributed by atoms with E-state index in [1.165, 1.54) is 0 Å². The zero-order valence-electron chi connectivity index (χ0n) is 13.3. The van der Waals surface area contributed by atoms with Crippen molar-refractivity contribution >= 4 is 17.3 Å². The van der Waals surface area contributed by atoms with Crippen LogP contribution >= 0.6 is 0 Å². The molecule has 0 bridgehead atoms. The van der Waals surface area contributed by atoms with Crippen LogP contribution in [0.15, 0.2) is 58.8 Å². The Bertz CT molecular complexity index is 664. The molecule has 0 spiro atoms. The third-order valence-corrected chi connectivity index (χ3v) is 3.24. The predicted octanol–water partition coefficient (Wildman–Crippen LogP) is 5.15. The average molecular weight is 312 g/mol. The third kappa shape index (κ3) is 5.21. The third-order valence-electron chi connectivity index (χ3n) is 3.24. The molecule has 1 unspecified atom stereocenters. The van der Waals surface area contributed by atoms with Crippen LogP contribution in [0, 0.1) is 0 Å². The molecule has 0 aliphatic heterocycles. The Morgan fingerprint density at radius 1 is 1.04 bits per heavy atom. The van der Waals surface area contributed by atoms with Crippen LogP contribution in [0.25, 0.3) is 0 Å². The SMILES string of the molecule is CCCC(C)OC(=O)c1ccc(N=Nc2ccc(O)cc2)cc1. The molecule has 120 valence electrons. The van der Waals surface area contributed by atoms with Crippen molar-refractivity contribution in [1.82, 2.24) is 0 Å². The average Bonchev–Trinajstić information content (AvgIpc) is 2.55. The van der Waals surface area contributed by atoms with Crippen LogP contribution < -0.4 is 0 Å². The lowest BCUT2D eigenvalue weighted by molar-refractivity contribution is 0.0323. The van der Waals surface area contributed by atoms with Gasteiger partial charge in [-0.25, -0.2) is 4.79 Å². The quantitative estimate of drug-likeness (QED) is 0.592. The van der Waals surface area contributed by atoms with Gasteiger partial charge in [-0.15, -0.1) is 0 Å². The molecule has 23 heavy (non-hydrogen) atoms. The van der Waals surface area contributed by atoms with Gasteiger partial charge < -0.3 is 9.84 Å². The fraction of sp³-hybridized carbons (Fsp3) is 0.278. The summed E-state index contributed by atoms with van der Waals surface area (Å²) >= 11 is 0. The minimum absolute atomic E-state index is 0.0821. The van der Waals surface area contributed by atoms with Gasteiger partial charge in [-0.2, -0.15) is 10.2 Å². The second kappa shape index (κ2) is 8.08. The fourth-order valence-electron chi connectivity index (χ4n) is 2.02. The molecule has 0 aliphatic rings. The van der Waals surface area contributed by atoms with Gasteiger partial charge >= 0.3 is 5.97 Å². The molecule has 1 atom stereocenters. The van der Waals surface area contributed by atoms with E-state index in [4.69, 9.17) is 4.74 Å². The zero-order chi connectivity index (χ0) is 16.7. The molecule has 0 aromatic heterocycles. The summed E-state index contributed by atoms with van der Waals surface area (Å²) in [6.45, 7) is 3.94. The number of azo groups is 1. The number of benzene rings is 2. The number of esters is 1. The summed E-state index contributed by atoms with van der Waals surface area (Å²) < 4.78 is 5.34. The fourth-order valence-corrected chi connectivity index (χ4v) is 2.02. The summed E-state index contributed by atoms with van der Waals surface area (Å²) in [6.07, 6.45) is 1.75. The van der Waals surface area contributed by atoms with Gasteiger partial charge in [0.15, 0.2) is 0 Å². The Labute approximate surface area is 135 Å². The number of phenolic OH excluding ortho intramolecular Hbond substituents is 1. The number of carbonyl (C=O) groups excluding carboxylic acids is 1. The largest absolute Gasteiger partial charge is 0.508 e. The molecule has 0 aliphatic carbocycles. The zero-order valence-corrected chi connectivity index (χ0v) is 13.3. The van der Waals surface area contributed by atoms with Crippen molar-refractivity contribution in [2.45, 2.75) is 32.8 Å². The lowest BCUT2D eigenvalue weighted by Gasteiger charge is -2.11. The van der Waals surface area contributed by atoms with Gasteiger partial charge in [0.2, 0.25) is 0 Å². The van der Waals surface area contributed by atoms with Crippen molar-refractivity contribution in [2.75, 3.05) is 0 Å². The molecule has 0 amide bonds. The lowest BCUT2D eigenvalue weighted by Crippen LogP contribution is -2.14. The molecule has 2 aromatic rings. The Morgan fingerprint density at radius 3 is 2.09 bits per heavy atom. The van der Waals surface area contributed by atoms with E-state index in [1.807, 2.05) is 6.92 Å². The second-order valence-electron chi connectivity index (χ2n) is 5.27. The Kier molecular flexibility index (Phi) is 5.86. The second-order valence-corrected chi connectivity index (χ2v) is 5.27. The van der Waals surface area contributed by atoms with Gasteiger partial charge in [0, 0.05) is 0 Å². The summed E-state index contributed by atoms with van der Waals surface area (Å²) in [4.78, 5) is 12.0. The Balaban J connectivity index is 1.98. The molecular formula is C18H20N2O3. The lowest BCUT2D eigenvalue weighted by atomic mass is 10.2. The Morgan fingerprint density at radius 2 is 1.57 bits per heavy atom. The first-order valence-corrected chi connectivity index (χ1v) is 7.60. The summed E-state index contributed by atoms with van der Waals surface area (Å²) in [5.74, 6) is -0.142. The molecule has 0 radical (unpaired) electrons. The molecule has 2 rings (SSSR count). The topological polar surface area (TPSA) is 71.2 Å². The minimum Gasteiger partial charge on any atom is -0.508 e. The predicted molar refractivity (Wildman–Crippen MR) is 88.5 cm³/mol. The van der Waals surface area contributed by atoms with Crippen molar-refractivity contribution in [2.24, 2.45) is 10.2 Å². The number of carbonyl (C=O) groups is 1. The minimum atomic E-state index is -0.326. The molecule has 0 heterocycles. The van der Waals surface area contributed by atoms with Crippen LogP contribution in [0.3, 0.4) is 0 Å². The van der Waals surface area contributed by atoms with Gasteiger partial charge in [0.1, 0.15) is 5.75 Å². The van der Waals surface area contributed by atoms with Crippen LogP contribution in [0.5, 0.6) is 5.75 Å². The van der Waals surface area contributed by atoms with Crippen molar-refractivity contribution in [3.8, 4) is 5.75 Å². The highest BCUT2D eigenvalue weighted by Crippen LogP contribution is 2.21. The summed E-state index contributed by atoms with van der Waals surface area (Å²) in [5, 5.41) is 17.4. The highest BCUT2D eigenvalue weighted by Gasteiger charge is 2.11. The molecule has 0 saturated carbocycles. The van der Waals surface area contributed by atoms with E-state index in [0.29, 0.717) is 16.9 Å². The summed E-state index contributed by atoms with van der Waals surface area (Å²) in [7, 11) is 0. The van der Waals surface area contributed by atoms with E-state index in [0.717, 1.165) is 12.8 Å². The smallest absolute Gasteiger partial charge is 0.338 e. The number of nitrogens with zero attached hydrogens (tertiary/aromatic N) is 2. The van der Waals surface area contributed by atoms with Crippen molar-refractivity contribution in [1.29, 1.82) is 0 Å². The van der Waals surface area contributed by atoms with Gasteiger partial charge in [-0.05, 0) is 61.9 Å². The number of hydrogen-bond donors (Lipinski definition) is 1. The normalized spacial score (nSPS) is 12.3. The molecule has 0 fully saturated rings. The standard InChI is InChI=1S/C18H20N2O3/c1-3-4-13(2)23-18(22)14-5-7-15(8-6-14)19-20-16-9-11-17(21)12-10-16/h5-13,21H,3-4H2,1-2H3. The molecule has 5 nitrogen and oxygen atoms in total. The first-order valence-electron chi connectivity index (χ1n) is 7.60. The van der Waals surface area contributed by atoms with Crippen molar-refractivity contribution in [3.05, 3.63) is 54.1 Å². The van der Waals surface area contributed by atoms with Crippen molar-refractivity contribution < 1.29 is 14.6 Å². The number of aromatic hydroxyl groups is 1. The molecular weight excluding hydrogens is 292 g/mol. The van der Waals surface area contributed by atoms with Crippen LogP contribution in [-0.2, 0) is 4.74 Å². The molecule has 1 N–H and O–H groups in total. The maximum absolute atomic E-state index is 12.0. The van der Waals surface area contributed by atoms with Gasteiger partial charge in [-0.3, -0.25) is 0 Å². The first-order chi connectivity index (χ1) is 11.1. The molecule has 2 aromatic carbocycles. The van der Waals surface area contributed by atoms with Crippen molar-refractivity contribution in [3.63, 3.8) is 0 Å². The van der Waals surface area contributed by atoms with Gasteiger partial charge in [-0.1, -0.05) is 13.3 Å². The van der Waals surface area contributed by atoms with Crippen LogP contribution in [0.1, 0.15) is 37.0 Å². The van der Waals surface area contributed by atoms with Crippen LogP contribution in [-0.4, -0.2) is 17.2 Å². The van der Waals surface area contributed by atoms with Crippen LogP contribution in [0.2, 0.25) is 0 Å². The Hall–Kier alpha value is -2.69. The van der Waals surface area contributed by atoms with Gasteiger partial charge in [0.25, 0.3) is 0 Å². The molecule has 0 saturated heterocycles. The monoisotopic (exact) mass is 312 g/mol. The van der Waals surface area contributed by atoms with E-state index >= 15 is 0 Å². The summed E-state index contributed by atoms with van der Waals surface area (Å²) in [5.41, 5.74) is 1.77. The van der Waals surface area contributed by atoms with Gasteiger partial charge in [0.05, 0.1) is 23.0 Å². The highest BCUT2D eigenvalue weighted by molar-refractivity contribution is 5.89. The van der Waals surface area contributed by atoms with E-state index < -0.39 is 0 Å². The first kappa shape index (κ1) is 16.7. The maximum atomic E-state index is 12.0. The van der Waals surface area contributed by atoms with E-state index in [2.05, 4.69) is 17.2 Å². The van der Waals surface area contributed by atoms with E-state index in [-0.39, 0.29) is 17.8 Å². The number of ether oxygens (including phenoxy) is 1. The molecule has 5 heteroatoms. The number of phenols is 1.